The second-order valence-corrected chi connectivity index (χ2v) is 6.62. The van der Waals surface area contributed by atoms with E-state index >= 15 is 0 Å². The Labute approximate surface area is 151 Å². The van der Waals surface area contributed by atoms with E-state index in [9.17, 15) is 9.50 Å². The molecule has 3 aromatic rings. The van der Waals surface area contributed by atoms with Gasteiger partial charge in [-0.25, -0.2) is 9.37 Å². The molecular weight excluding hydrogens is 333 g/mol. The van der Waals surface area contributed by atoms with Crippen molar-refractivity contribution in [1.29, 1.82) is 0 Å². The molecule has 1 aliphatic rings. The number of nitrogens with one attached hydrogen (secondary N) is 1. The van der Waals surface area contributed by atoms with Gasteiger partial charge in [-0.15, -0.1) is 0 Å². The first kappa shape index (κ1) is 16.8. The zero-order valence-corrected chi connectivity index (χ0v) is 14.5. The zero-order valence-electron chi connectivity index (χ0n) is 14.5. The second-order valence-electron chi connectivity index (χ2n) is 6.62. The predicted octanol–water partition coefficient (Wildman–Crippen LogP) is 3.54. The normalized spacial score (nSPS) is 17.6. The number of alkyl halides is 1. The Bertz CT molecular complexity index is 878. The van der Waals surface area contributed by atoms with E-state index in [1.54, 1.807) is 0 Å². The van der Waals surface area contributed by atoms with E-state index in [0.29, 0.717) is 12.3 Å². The minimum absolute atomic E-state index is 0.0688. The molecule has 0 bridgehead atoms. The van der Waals surface area contributed by atoms with E-state index in [2.05, 4.69) is 14.9 Å². The van der Waals surface area contributed by atoms with E-state index in [1.165, 1.54) is 0 Å². The number of H-pyrrole nitrogens is 1. The minimum atomic E-state index is -0.498. The van der Waals surface area contributed by atoms with Gasteiger partial charge >= 0.3 is 0 Å². The number of fused-ring (bicyclic) bond motifs is 1. The maximum Gasteiger partial charge on any atom is 0.128 e. The quantitative estimate of drug-likeness (QED) is 0.735. The second kappa shape index (κ2) is 7.33. The number of anilines is 1. The number of piperidine rings is 1. The van der Waals surface area contributed by atoms with Crippen LogP contribution in [0.5, 0.6) is 5.75 Å². The first-order valence-corrected chi connectivity index (χ1v) is 8.94. The molecular formula is C20H22FN3O2. The molecule has 1 fully saturated rings. The van der Waals surface area contributed by atoms with Gasteiger partial charge in [0.1, 0.15) is 24.8 Å². The van der Waals surface area contributed by atoms with E-state index in [1.807, 2.05) is 42.6 Å². The maximum absolute atomic E-state index is 12.3. The van der Waals surface area contributed by atoms with Crippen molar-refractivity contribution in [2.24, 2.45) is 0 Å². The summed E-state index contributed by atoms with van der Waals surface area (Å²) in [4.78, 5) is 10.1. The van der Waals surface area contributed by atoms with Gasteiger partial charge < -0.3 is 19.7 Å². The highest BCUT2D eigenvalue weighted by Gasteiger charge is 2.18. The summed E-state index contributed by atoms with van der Waals surface area (Å²) in [5, 5.41) is 10.8. The molecule has 0 unspecified atom stereocenters. The summed E-state index contributed by atoms with van der Waals surface area (Å²) in [6.45, 7) is 1.14. The molecule has 4 rings (SSSR count). The minimum Gasteiger partial charge on any atom is -0.491 e. The Kier molecular flexibility index (Phi) is 4.75. The van der Waals surface area contributed by atoms with Crippen molar-refractivity contribution in [3.05, 3.63) is 42.6 Å². The summed E-state index contributed by atoms with van der Waals surface area (Å²) in [6.07, 6.45) is 3.43. The number of nitrogens with zero attached hydrogens (tertiary/aromatic N) is 2. The molecule has 1 aliphatic heterocycles. The van der Waals surface area contributed by atoms with Crippen LogP contribution in [0.15, 0.2) is 42.6 Å². The summed E-state index contributed by atoms with van der Waals surface area (Å²) in [6, 6.07) is 11.7. The number of hydrogen-bond acceptors (Lipinski definition) is 4. The fourth-order valence-corrected chi connectivity index (χ4v) is 3.41. The Morgan fingerprint density at radius 3 is 2.96 bits per heavy atom. The van der Waals surface area contributed by atoms with Crippen LogP contribution >= 0.6 is 0 Å². The first-order chi connectivity index (χ1) is 12.7. The highest BCUT2D eigenvalue weighted by Crippen LogP contribution is 2.28. The molecule has 3 heterocycles. The van der Waals surface area contributed by atoms with Gasteiger partial charge in [-0.1, -0.05) is 0 Å². The molecule has 0 aliphatic carbocycles. The lowest BCUT2D eigenvalue weighted by molar-refractivity contribution is 0.154. The fraction of sp³-hybridized carbons (Fsp3) is 0.350. The molecule has 2 aromatic heterocycles. The number of aliphatic hydroxyl groups is 1. The number of rotatable bonds is 5. The molecule has 0 amide bonds. The Hall–Kier alpha value is -2.60. The van der Waals surface area contributed by atoms with Crippen LogP contribution in [0.25, 0.3) is 22.2 Å². The van der Waals surface area contributed by atoms with Gasteiger partial charge in [0.25, 0.3) is 0 Å². The van der Waals surface area contributed by atoms with Gasteiger partial charge in [0, 0.05) is 41.4 Å². The molecule has 5 nitrogen and oxygen atoms in total. The number of benzene rings is 1. The maximum atomic E-state index is 12.3. The number of aliphatic hydroxyl groups excluding tert-OH is 1. The van der Waals surface area contributed by atoms with Crippen LogP contribution < -0.4 is 9.64 Å². The van der Waals surface area contributed by atoms with E-state index in [-0.39, 0.29) is 12.7 Å². The first-order valence-electron chi connectivity index (χ1n) is 8.94. The highest BCUT2D eigenvalue weighted by atomic mass is 19.1. The lowest BCUT2D eigenvalue weighted by atomic mass is 10.1. The molecule has 0 saturated carbocycles. The molecule has 6 heteroatoms. The number of halogens is 1. The van der Waals surface area contributed by atoms with Crippen molar-refractivity contribution in [1.82, 2.24) is 9.97 Å². The van der Waals surface area contributed by atoms with E-state index in [0.717, 1.165) is 47.4 Å². The highest BCUT2D eigenvalue weighted by molar-refractivity contribution is 5.87. The van der Waals surface area contributed by atoms with Crippen LogP contribution in [0.2, 0.25) is 0 Å². The number of hydrogen-bond donors (Lipinski definition) is 2. The third kappa shape index (κ3) is 3.51. The SMILES string of the molecule is O[C@@H]1CCCN(c2ccc(-c3cc4cc(OCCF)ccc4[nH]3)cn2)C1. The van der Waals surface area contributed by atoms with Crippen LogP contribution in [0, 0.1) is 0 Å². The van der Waals surface area contributed by atoms with E-state index < -0.39 is 6.67 Å². The van der Waals surface area contributed by atoms with Gasteiger partial charge in [0.2, 0.25) is 0 Å². The average molecular weight is 355 g/mol. The van der Waals surface area contributed by atoms with Crippen LogP contribution in [-0.2, 0) is 0 Å². The molecule has 1 aromatic carbocycles. The fourth-order valence-electron chi connectivity index (χ4n) is 3.41. The van der Waals surface area contributed by atoms with Gasteiger partial charge in [-0.2, -0.15) is 0 Å². The van der Waals surface area contributed by atoms with Crippen molar-refractivity contribution < 1.29 is 14.2 Å². The van der Waals surface area contributed by atoms with Gasteiger partial charge in [-0.3, -0.25) is 0 Å². The average Bonchev–Trinajstić information content (AvgIpc) is 3.10. The lowest BCUT2D eigenvalue weighted by Gasteiger charge is -2.31. The van der Waals surface area contributed by atoms with Crippen LogP contribution in [-0.4, -0.2) is 47.5 Å². The largest absolute Gasteiger partial charge is 0.491 e. The molecule has 26 heavy (non-hydrogen) atoms. The zero-order chi connectivity index (χ0) is 17.9. The molecule has 0 spiro atoms. The molecule has 1 atom stereocenters. The topological polar surface area (TPSA) is 61.4 Å². The Morgan fingerprint density at radius 1 is 1.27 bits per heavy atom. The van der Waals surface area contributed by atoms with Crippen LogP contribution in [0.1, 0.15) is 12.8 Å². The van der Waals surface area contributed by atoms with Crippen LogP contribution in [0.4, 0.5) is 10.2 Å². The third-order valence-electron chi connectivity index (χ3n) is 4.72. The van der Waals surface area contributed by atoms with Gasteiger partial charge in [0.05, 0.1) is 6.10 Å². The number of β-amino-alcohol motifs (C(OH)–C–C–N with tert-alkyl or cyclic N) is 1. The number of ether oxygens (including phenoxy) is 1. The van der Waals surface area contributed by atoms with Gasteiger partial charge in [0.15, 0.2) is 0 Å². The monoisotopic (exact) mass is 355 g/mol. The molecule has 2 N–H and O–H groups in total. The van der Waals surface area contributed by atoms with Crippen molar-refractivity contribution in [2.45, 2.75) is 18.9 Å². The van der Waals surface area contributed by atoms with Crippen molar-refractivity contribution in [3.8, 4) is 17.0 Å². The number of aromatic nitrogens is 2. The van der Waals surface area contributed by atoms with Gasteiger partial charge in [-0.05, 0) is 49.2 Å². The summed E-state index contributed by atoms with van der Waals surface area (Å²) in [5.74, 6) is 1.56. The van der Waals surface area contributed by atoms with Crippen molar-refractivity contribution >= 4 is 16.7 Å². The van der Waals surface area contributed by atoms with Crippen molar-refractivity contribution in [2.75, 3.05) is 31.3 Å². The summed E-state index contributed by atoms with van der Waals surface area (Å²) in [7, 11) is 0. The van der Waals surface area contributed by atoms with Crippen molar-refractivity contribution in [3.63, 3.8) is 0 Å². The Balaban J connectivity index is 1.55. The van der Waals surface area contributed by atoms with E-state index in [4.69, 9.17) is 4.74 Å². The predicted molar refractivity (Wildman–Crippen MR) is 100 cm³/mol. The number of pyridine rings is 1. The standard InChI is InChI=1S/C20H22FN3O2/c21-7-9-26-17-4-5-18-15(10-17)11-19(23-18)14-3-6-20(22-12-14)24-8-1-2-16(25)13-24/h3-6,10-12,16,23,25H,1-2,7-9,13H2/t16-/m1/s1. The third-order valence-corrected chi connectivity index (χ3v) is 4.72. The number of aromatic amines is 1. The summed E-state index contributed by atoms with van der Waals surface area (Å²) < 4.78 is 17.6. The lowest BCUT2D eigenvalue weighted by Crippen LogP contribution is -2.38. The molecule has 1 saturated heterocycles. The molecule has 136 valence electrons. The Morgan fingerprint density at radius 2 is 2.19 bits per heavy atom. The summed E-state index contributed by atoms with van der Waals surface area (Å²) in [5.41, 5.74) is 2.96. The smallest absolute Gasteiger partial charge is 0.128 e. The summed E-state index contributed by atoms with van der Waals surface area (Å²) >= 11 is 0. The van der Waals surface area contributed by atoms with Crippen LogP contribution in [0.3, 0.4) is 0 Å². The molecule has 0 radical (unpaired) electrons.